The zero-order valence-electron chi connectivity index (χ0n) is 14.7. The fourth-order valence-electron chi connectivity index (χ4n) is 2.98. The first-order valence-corrected chi connectivity index (χ1v) is 10.2. The van der Waals surface area contributed by atoms with Crippen molar-refractivity contribution in [2.24, 2.45) is 0 Å². The van der Waals surface area contributed by atoms with E-state index >= 15 is 0 Å². The topological polar surface area (TPSA) is 78.5 Å². The lowest BCUT2D eigenvalue weighted by molar-refractivity contribution is -0.133. The maximum Gasteiger partial charge on any atom is 0.241 e. The Labute approximate surface area is 144 Å². The summed E-state index contributed by atoms with van der Waals surface area (Å²) in [5.74, 6) is 0.0424. The van der Waals surface area contributed by atoms with Crippen molar-refractivity contribution in [1.82, 2.24) is 15.8 Å². The van der Waals surface area contributed by atoms with E-state index in [1.807, 2.05) is 6.92 Å². The predicted octanol–water partition coefficient (Wildman–Crippen LogP) is 1.64. The number of nitrogens with one attached hydrogen (secondary N) is 2. The molecule has 0 aromatic heterocycles. The highest BCUT2D eigenvalue weighted by Crippen LogP contribution is 2.23. The van der Waals surface area contributed by atoms with Gasteiger partial charge >= 0.3 is 0 Å². The summed E-state index contributed by atoms with van der Waals surface area (Å²) in [5, 5.41) is 0. The Morgan fingerprint density at radius 2 is 1.92 bits per heavy atom. The van der Waals surface area contributed by atoms with E-state index in [-0.39, 0.29) is 22.9 Å². The van der Waals surface area contributed by atoms with Crippen LogP contribution in [0.15, 0.2) is 29.2 Å². The molecule has 0 bridgehead atoms. The van der Waals surface area contributed by atoms with Crippen molar-refractivity contribution >= 4 is 15.7 Å². The molecule has 3 atom stereocenters. The monoisotopic (exact) mass is 353 g/mol. The van der Waals surface area contributed by atoms with Crippen molar-refractivity contribution in [2.75, 3.05) is 13.3 Å². The minimum absolute atomic E-state index is 0.0424. The van der Waals surface area contributed by atoms with Crippen molar-refractivity contribution < 1.29 is 13.2 Å². The van der Waals surface area contributed by atoms with E-state index in [2.05, 4.69) is 17.8 Å². The van der Waals surface area contributed by atoms with Gasteiger partial charge in [0.2, 0.25) is 5.91 Å². The molecule has 6 nitrogen and oxygen atoms in total. The van der Waals surface area contributed by atoms with Crippen LogP contribution in [-0.4, -0.2) is 44.6 Å². The van der Waals surface area contributed by atoms with Gasteiger partial charge in [0, 0.05) is 19.3 Å². The first kappa shape index (κ1) is 18.9. The van der Waals surface area contributed by atoms with Gasteiger partial charge in [-0.15, -0.1) is 0 Å². The number of hydrazine groups is 1. The molecule has 2 rings (SSSR count). The van der Waals surface area contributed by atoms with Gasteiger partial charge in [0.15, 0.2) is 9.84 Å². The molecular formula is C17H27N3O3S. The van der Waals surface area contributed by atoms with E-state index < -0.39 is 9.84 Å². The molecule has 0 radical (unpaired) electrons. The smallest absolute Gasteiger partial charge is 0.241 e. The van der Waals surface area contributed by atoms with Crippen LogP contribution in [-0.2, 0) is 14.6 Å². The first-order valence-electron chi connectivity index (χ1n) is 8.31. The zero-order chi connectivity index (χ0) is 17.9. The van der Waals surface area contributed by atoms with Crippen LogP contribution in [0.25, 0.3) is 0 Å². The lowest BCUT2D eigenvalue weighted by Gasteiger charge is -2.28. The van der Waals surface area contributed by atoms with Gasteiger partial charge in [-0.1, -0.05) is 25.5 Å². The molecule has 1 aliphatic heterocycles. The van der Waals surface area contributed by atoms with E-state index in [0.29, 0.717) is 6.04 Å². The van der Waals surface area contributed by atoms with E-state index in [4.69, 9.17) is 0 Å². The number of carbonyl (C=O) groups excluding carboxylic acids is 1. The second-order valence-corrected chi connectivity index (χ2v) is 8.54. The van der Waals surface area contributed by atoms with Crippen LogP contribution < -0.4 is 10.9 Å². The zero-order valence-corrected chi connectivity index (χ0v) is 15.6. The number of carbonyl (C=O) groups is 1. The van der Waals surface area contributed by atoms with Crippen LogP contribution in [0.5, 0.6) is 0 Å². The summed E-state index contributed by atoms with van der Waals surface area (Å²) in [6.45, 7) is 4.07. The molecule has 1 heterocycles. The summed E-state index contributed by atoms with van der Waals surface area (Å²) in [6, 6.07) is 6.71. The maximum absolute atomic E-state index is 12.7. The molecule has 7 heteroatoms. The van der Waals surface area contributed by atoms with Crippen LogP contribution in [0.2, 0.25) is 0 Å². The third-order valence-electron chi connectivity index (χ3n) is 4.64. The number of sulfone groups is 1. The Morgan fingerprint density at radius 3 is 2.46 bits per heavy atom. The third-order valence-corrected chi connectivity index (χ3v) is 5.76. The van der Waals surface area contributed by atoms with Crippen LogP contribution >= 0.6 is 0 Å². The van der Waals surface area contributed by atoms with Gasteiger partial charge in [-0.05, 0) is 37.5 Å². The molecule has 1 amide bonds. The Kier molecular flexibility index (Phi) is 6.01. The predicted molar refractivity (Wildman–Crippen MR) is 94.1 cm³/mol. The lowest BCUT2D eigenvalue weighted by Crippen LogP contribution is -2.45. The molecule has 1 saturated heterocycles. The number of nitrogens with zero attached hydrogens (tertiary/aromatic N) is 1. The molecule has 1 aromatic rings. The van der Waals surface area contributed by atoms with Crippen LogP contribution in [0, 0.1) is 0 Å². The lowest BCUT2D eigenvalue weighted by atomic mass is 10.0. The maximum atomic E-state index is 12.7. The van der Waals surface area contributed by atoms with E-state index in [0.717, 1.165) is 24.8 Å². The SMILES string of the molecule is CCCC1CC(C(=O)N(C)C(C)c2ccc(S(C)(=O)=O)cc2)NN1. The number of likely N-dealkylation sites (N-methyl/N-ethyl adjacent to an activating group) is 1. The van der Waals surface area contributed by atoms with Gasteiger partial charge in [-0.2, -0.15) is 0 Å². The van der Waals surface area contributed by atoms with Crippen molar-refractivity contribution in [3.05, 3.63) is 29.8 Å². The molecule has 1 aromatic carbocycles. The standard InChI is InChI=1S/C17H27N3O3S/c1-5-6-14-11-16(19-18-14)17(21)20(3)12(2)13-7-9-15(10-8-13)24(4,22)23/h7-10,12,14,16,18-19H,5-6,11H2,1-4H3. The van der Waals surface area contributed by atoms with E-state index in [1.165, 1.54) is 6.26 Å². The van der Waals surface area contributed by atoms with Gasteiger partial charge in [0.1, 0.15) is 6.04 Å². The summed E-state index contributed by atoms with van der Waals surface area (Å²) in [4.78, 5) is 14.7. The normalized spacial score (nSPS) is 22.3. The fraction of sp³-hybridized carbons (Fsp3) is 0.588. The van der Waals surface area contributed by atoms with Gasteiger partial charge in [0.25, 0.3) is 0 Å². The summed E-state index contributed by atoms with van der Waals surface area (Å²) >= 11 is 0. The molecular weight excluding hydrogens is 326 g/mol. The van der Waals surface area contributed by atoms with Gasteiger partial charge < -0.3 is 4.90 Å². The van der Waals surface area contributed by atoms with Crippen LogP contribution in [0.4, 0.5) is 0 Å². The molecule has 24 heavy (non-hydrogen) atoms. The van der Waals surface area contributed by atoms with E-state index in [1.54, 1.807) is 36.2 Å². The van der Waals surface area contributed by atoms with Gasteiger partial charge in [-0.3, -0.25) is 10.2 Å². The molecule has 3 unspecified atom stereocenters. The summed E-state index contributed by atoms with van der Waals surface area (Å²) in [6.07, 6.45) is 4.10. The van der Waals surface area contributed by atoms with Crippen molar-refractivity contribution in [3.8, 4) is 0 Å². The van der Waals surface area contributed by atoms with E-state index in [9.17, 15) is 13.2 Å². The number of amides is 1. The fourth-order valence-corrected chi connectivity index (χ4v) is 3.61. The number of benzene rings is 1. The van der Waals surface area contributed by atoms with Crippen molar-refractivity contribution in [2.45, 2.75) is 56.1 Å². The molecule has 134 valence electrons. The largest absolute Gasteiger partial charge is 0.338 e. The third kappa shape index (κ3) is 4.34. The molecule has 0 aliphatic carbocycles. The van der Waals surface area contributed by atoms with Crippen molar-refractivity contribution in [1.29, 1.82) is 0 Å². The molecule has 1 aliphatic rings. The second kappa shape index (κ2) is 7.63. The highest BCUT2D eigenvalue weighted by molar-refractivity contribution is 7.90. The molecule has 1 fully saturated rings. The number of hydrogen-bond donors (Lipinski definition) is 2. The quantitative estimate of drug-likeness (QED) is 0.813. The molecule has 0 spiro atoms. The molecule has 0 saturated carbocycles. The van der Waals surface area contributed by atoms with Crippen LogP contribution in [0.1, 0.15) is 44.7 Å². The Bertz CT molecular complexity index is 673. The Balaban J connectivity index is 2.03. The average Bonchev–Trinajstić information content (AvgIpc) is 3.01. The summed E-state index contributed by atoms with van der Waals surface area (Å²) in [7, 11) is -1.42. The van der Waals surface area contributed by atoms with Crippen LogP contribution in [0.3, 0.4) is 0 Å². The highest BCUT2D eigenvalue weighted by Gasteiger charge is 2.32. The minimum atomic E-state index is -3.21. The first-order chi connectivity index (χ1) is 11.2. The van der Waals surface area contributed by atoms with Gasteiger partial charge in [-0.25, -0.2) is 13.8 Å². The van der Waals surface area contributed by atoms with Gasteiger partial charge in [0.05, 0.1) is 10.9 Å². The number of hydrogen-bond acceptors (Lipinski definition) is 5. The minimum Gasteiger partial charge on any atom is -0.338 e. The highest BCUT2D eigenvalue weighted by atomic mass is 32.2. The summed E-state index contributed by atoms with van der Waals surface area (Å²) < 4.78 is 23.1. The van der Waals surface area contributed by atoms with Crippen molar-refractivity contribution in [3.63, 3.8) is 0 Å². The Hall–Kier alpha value is -1.44. The summed E-state index contributed by atoms with van der Waals surface area (Å²) in [5.41, 5.74) is 7.18. The second-order valence-electron chi connectivity index (χ2n) is 6.53. The molecule has 2 N–H and O–H groups in total. The average molecular weight is 353 g/mol. The number of rotatable bonds is 6. The Morgan fingerprint density at radius 1 is 1.29 bits per heavy atom.